The number of nitrogens with two attached hydrogens (primary N) is 1. The SMILES string of the molecule is CC1CN(C(=O)OC(C)(C)C)CCC1C1(N)CC1. The van der Waals surface area contributed by atoms with E-state index in [0.717, 1.165) is 32.4 Å². The highest BCUT2D eigenvalue weighted by Crippen LogP contribution is 2.46. The van der Waals surface area contributed by atoms with Crippen molar-refractivity contribution in [3.05, 3.63) is 0 Å². The fourth-order valence-corrected chi connectivity index (χ4v) is 3.01. The molecule has 2 rings (SSSR count). The standard InChI is InChI=1S/C14H26N2O2/c1-10-9-16(12(17)18-13(2,3)4)8-5-11(10)14(15)6-7-14/h10-11H,5-9,15H2,1-4H3. The highest BCUT2D eigenvalue weighted by Gasteiger charge is 2.49. The Labute approximate surface area is 110 Å². The minimum absolute atomic E-state index is 0.0689. The second-order valence-corrected chi connectivity index (χ2v) is 7.03. The first-order chi connectivity index (χ1) is 8.21. The Kier molecular flexibility index (Phi) is 3.34. The zero-order valence-electron chi connectivity index (χ0n) is 12.0. The zero-order chi connectivity index (χ0) is 13.6. The van der Waals surface area contributed by atoms with E-state index in [1.807, 2.05) is 25.7 Å². The minimum atomic E-state index is -0.414. The number of likely N-dealkylation sites (tertiary alicyclic amines) is 1. The van der Waals surface area contributed by atoms with Crippen LogP contribution in [0.15, 0.2) is 0 Å². The Hall–Kier alpha value is -0.770. The fourth-order valence-electron chi connectivity index (χ4n) is 3.01. The number of piperidine rings is 1. The Morgan fingerprint density at radius 3 is 2.44 bits per heavy atom. The van der Waals surface area contributed by atoms with E-state index in [1.165, 1.54) is 0 Å². The summed E-state index contributed by atoms with van der Waals surface area (Å²) in [6, 6.07) is 0. The van der Waals surface area contributed by atoms with Gasteiger partial charge >= 0.3 is 6.09 Å². The third kappa shape index (κ3) is 2.97. The van der Waals surface area contributed by atoms with Crippen LogP contribution in [0.2, 0.25) is 0 Å². The lowest BCUT2D eigenvalue weighted by Gasteiger charge is -2.40. The summed E-state index contributed by atoms with van der Waals surface area (Å²) in [5.41, 5.74) is 5.96. The highest BCUT2D eigenvalue weighted by atomic mass is 16.6. The average molecular weight is 254 g/mol. The number of carbonyl (C=O) groups is 1. The smallest absolute Gasteiger partial charge is 0.410 e. The van der Waals surface area contributed by atoms with Gasteiger partial charge in [0, 0.05) is 18.6 Å². The summed E-state index contributed by atoms with van der Waals surface area (Å²) in [7, 11) is 0. The first kappa shape index (κ1) is 13.7. The molecule has 2 aliphatic rings. The van der Waals surface area contributed by atoms with Crippen molar-refractivity contribution in [1.82, 2.24) is 4.90 Å². The number of rotatable bonds is 1. The van der Waals surface area contributed by atoms with Gasteiger partial charge in [0.15, 0.2) is 0 Å². The summed E-state index contributed by atoms with van der Waals surface area (Å²) in [5.74, 6) is 1.04. The van der Waals surface area contributed by atoms with Gasteiger partial charge in [-0.05, 0) is 51.9 Å². The van der Waals surface area contributed by atoms with Gasteiger partial charge < -0.3 is 15.4 Å². The minimum Gasteiger partial charge on any atom is -0.444 e. The molecule has 1 aliphatic carbocycles. The first-order valence-corrected chi connectivity index (χ1v) is 6.98. The van der Waals surface area contributed by atoms with Gasteiger partial charge in [0.05, 0.1) is 0 Å². The van der Waals surface area contributed by atoms with Crippen molar-refractivity contribution in [2.24, 2.45) is 17.6 Å². The molecule has 1 saturated heterocycles. The summed E-state index contributed by atoms with van der Waals surface area (Å²) in [4.78, 5) is 13.8. The molecule has 1 amide bonds. The Morgan fingerprint density at radius 1 is 1.39 bits per heavy atom. The predicted molar refractivity (Wildman–Crippen MR) is 71.2 cm³/mol. The molecule has 0 spiro atoms. The van der Waals surface area contributed by atoms with E-state index >= 15 is 0 Å². The van der Waals surface area contributed by atoms with Gasteiger partial charge in [0.2, 0.25) is 0 Å². The lowest BCUT2D eigenvalue weighted by Crippen LogP contribution is -2.50. The summed E-state index contributed by atoms with van der Waals surface area (Å²) in [6.45, 7) is 9.47. The summed E-state index contributed by atoms with van der Waals surface area (Å²) in [5, 5.41) is 0. The molecule has 2 atom stereocenters. The molecule has 1 saturated carbocycles. The van der Waals surface area contributed by atoms with Gasteiger partial charge in [-0.2, -0.15) is 0 Å². The van der Waals surface area contributed by atoms with E-state index in [4.69, 9.17) is 10.5 Å². The van der Waals surface area contributed by atoms with E-state index in [-0.39, 0.29) is 11.6 Å². The molecule has 1 aliphatic heterocycles. The first-order valence-electron chi connectivity index (χ1n) is 6.98. The number of hydrogen-bond donors (Lipinski definition) is 1. The Morgan fingerprint density at radius 2 is 2.00 bits per heavy atom. The second kappa shape index (κ2) is 4.41. The predicted octanol–water partition coefficient (Wildman–Crippen LogP) is 2.37. The normalized spacial score (nSPS) is 31.1. The molecular formula is C14H26N2O2. The lowest BCUT2D eigenvalue weighted by molar-refractivity contribution is 0.00898. The average Bonchev–Trinajstić information content (AvgIpc) is 2.94. The number of hydrogen-bond acceptors (Lipinski definition) is 3. The summed E-state index contributed by atoms with van der Waals surface area (Å²) in [6.07, 6.45) is 3.12. The van der Waals surface area contributed by atoms with Crippen LogP contribution >= 0.6 is 0 Å². The quantitative estimate of drug-likeness (QED) is 0.781. The maximum absolute atomic E-state index is 12.0. The number of ether oxygens (including phenoxy) is 1. The molecule has 2 fully saturated rings. The molecule has 0 aromatic carbocycles. The second-order valence-electron chi connectivity index (χ2n) is 7.03. The van der Waals surface area contributed by atoms with Crippen LogP contribution in [-0.2, 0) is 4.74 Å². The fraction of sp³-hybridized carbons (Fsp3) is 0.929. The van der Waals surface area contributed by atoms with Crippen molar-refractivity contribution in [2.75, 3.05) is 13.1 Å². The van der Waals surface area contributed by atoms with Crippen LogP contribution in [0.5, 0.6) is 0 Å². The van der Waals surface area contributed by atoms with E-state index in [9.17, 15) is 4.79 Å². The molecule has 0 bridgehead atoms. The molecule has 4 nitrogen and oxygen atoms in total. The van der Waals surface area contributed by atoms with Crippen molar-refractivity contribution < 1.29 is 9.53 Å². The molecule has 0 radical (unpaired) electrons. The molecule has 1 heterocycles. The maximum Gasteiger partial charge on any atom is 0.410 e. The molecule has 104 valence electrons. The van der Waals surface area contributed by atoms with Crippen LogP contribution in [0.1, 0.15) is 47.0 Å². The summed E-state index contributed by atoms with van der Waals surface area (Å²) < 4.78 is 5.42. The molecule has 18 heavy (non-hydrogen) atoms. The number of carbonyl (C=O) groups excluding carboxylic acids is 1. The lowest BCUT2D eigenvalue weighted by atomic mass is 9.80. The van der Waals surface area contributed by atoms with Gasteiger partial charge in [0.1, 0.15) is 5.60 Å². The van der Waals surface area contributed by atoms with Crippen LogP contribution in [0.25, 0.3) is 0 Å². The van der Waals surface area contributed by atoms with Crippen molar-refractivity contribution in [2.45, 2.75) is 58.1 Å². The largest absolute Gasteiger partial charge is 0.444 e. The van der Waals surface area contributed by atoms with Crippen LogP contribution in [0.3, 0.4) is 0 Å². The molecular weight excluding hydrogens is 228 g/mol. The van der Waals surface area contributed by atoms with Crippen molar-refractivity contribution in [3.63, 3.8) is 0 Å². The van der Waals surface area contributed by atoms with Gasteiger partial charge in [0.25, 0.3) is 0 Å². The molecule has 2 unspecified atom stereocenters. The third-order valence-electron chi connectivity index (χ3n) is 4.12. The van der Waals surface area contributed by atoms with Crippen LogP contribution < -0.4 is 5.73 Å². The highest BCUT2D eigenvalue weighted by molar-refractivity contribution is 5.68. The number of amides is 1. The third-order valence-corrected chi connectivity index (χ3v) is 4.12. The Bertz CT molecular complexity index is 331. The van der Waals surface area contributed by atoms with Crippen LogP contribution in [0.4, 0.5) is 4.79 Å². The van der Waals surface area contributed by atoms with E-state index in [1.54, 1.807) is 0 Å². The van der Waals surface area contributed by atoms with E-state index < -0.39 is 5.60 Å². The van der Waals surface area contributed by atoms with Gasteiger partial charge in [-0.25, -0.2) is 4.79 Å². The molecule has 0 aromatic heterocycles. The van der Waals surface area contributed by atoms with Crippen molar-refractivity contribution >= 4 is 6.09 Å². The van der Waals surface area contributed by atoms with Gasteiger partial charge in [-0.3, -0.25) is 0 Å². The number of nitrogens with zero attached hydrogens (tertiary/aromatic N) is 1. The van der Waals surface area contributed by atoms with E-state index in [2.05, 4.69) is 6.92 Å². The van der Waals surface area contributed by atoms with Gasteiger partial charge in [-0.1, -0.05) is 6.92 Å². The monoisotopic (exact) mass is 254 g/mol. The van der Waals surface area contributed by atoms with Crippen molar-refractivity contribution in [3.8, 4) is 0 Å². The van der Waals surface area contributed by atoms with Crippen LogP contribution in [-0.4, -0.2) is 35.2 Å². The maximum atomic E-state index is 12.0. The summed E-state index contributed by atoms with van der Waals surface area (Å²) >= 11 is 0. The Balaban J connectivity index is 1.90. The molecule has 4 heteroatoms. The zero-order valence-corrected chi connectivity index (χ0v) is 12.0. The topological polar surface area (TPSA) is 55.6 Å². The van der Waals surface area contributed by atoms with Gasteiger partial charge in [-0.15, -0.1) is 0 Å². The van der Waals surface area contributed by atoms with Crippen LogP contribution in [0, 0.1) is 11.8 Å². The molecule has 0 aromatic rings. The van der Waals surface area contributed by atoms with Crippen molar-refractivity contribution in [1.29, 1.82) is 0 Å². The molecule has 2 N–H and O–H groups in total. The van der Waals surface area contributed by atoms with E-state index in [0.29, 0.717) is 11.8 Å².